The first-order valence-electron chi connectivity index (χ1n) is 8.70. The molecular weight excluding hydrogens is 396 g/mol. The van der Waals surface area contributed by atoms with Crippen LogP contribution in [0.5, 0.6) is 17.2 Å². The fraction of sp³-hybridized carbons (Fsp3) is 0.150. The lowest BCUT2D eigenvalue weighted by molar-refractivity contribution is 0.318. The standard InChI is InChI=1S/C20H19ClN4O4/c1-3-29-18-10-13(4-9-17(18)26)11-22-24-16-12-23-25(20(27)19(16)21)14-5-7-15(28-2)8-6-14/h4-12,24,26H,3H2,1-2H3/b22-11-. The number of hydrazone groups is 1. The Morgan fingerprint density at radius 1 is 1.28 bits per heavy atom. The maximum absolute atomic E-state index is 12.5. The number of anilines is 1. The van der Waals surface area contributed by atoms with Crippen LogP contribution in [0.2, 0.25) is 5.02 Å². The number of hydrogen-bond acceptors (Lipinski definition) is 7. The molecule has 8 nitrogen and oxygen atoms in total. The summed E-state index contributed by atoms with van der Waals surface area (Å²) in [6.45, 7) is 2.25. The summed E-state index contributed by atoms with van der Waals surface area (Å²) in [5.74, 6) is 1.08. The normalized spacial score (nSPS) is 10.9. The van der Waals surface area contributed by atoms with Crippen molar-refractivity contribution in [3.05, 3.63) is 69.6 Å². The quantitative estimate of drug-likeness (QED) is 0.454. The van der Waals surface area contributed by atoms with Gasteiger partial charge in [0.25, 0.3) is 5.56 Å². The van der Waals surface area contributed by atoms with Crippen LogP contribution in [0.3, 0.4) is 0 Å². The van der Waals surface area contributed by atoms with Gasteiger partial charge in [-0.1, -0.05) is 11.6 Å². The predicted molar refractivity (Wildman–Crippen MR) is 112 cm³/mol. The second-order valence-corrected chi connectivity index (χ2v) is 6.20. The van der Waals surface area contributed by atoms with Gasteiger partial charge in [-0.3, -0.25) is 10.2 Å². The van der Waals surface area contributed by atoms with Crippen molar-refractivity contribution in [3.63, 3.8) is 0 Å². The second-order valence-electron chi connectivity index (χ2n) is 5.82. The summed E-state index contributed by atoms with van der Waals surface area (Å²) >= 11 is 6.19. The lowest BCUT2D eigenvalue weighted by atomic mass is 10.2. The number of aromatic nitrogens is 2. The van der Waals surface area contributed by atoms with Gasteiger partial charge in [0.05, 0.1) is 31.8 Å². The van der Waals surface area contributed by atoms with Crippen molar-refractivity contribution in [1.29, 1.82) is 0 Å². The second kappa shape index (κ2) is 9.11. The van der Waals surface area contributed by atoms with Crippen LogP contribution in [-0.4, -0.2) is 34.8 Å². The zero-order chi connectivity index (χ0) is 20.8. The van der Waals surface area contributed by atoms with Crippen LogP contribution in [0, 0.1) is 0 Å². The highest BCUT2D eigenvalue weighted by atomic mass is 35.5. The predicted octanol–water partition coefficient (Wildman–Crippen LogP) is 3.44. The molecule has 1 aromatic heterocycles. The van der Waals surface area contributed by atoms with E-state index in [9.17, 15) is 9.90 Å². The molecule has 0 aliphatic rings. The first-order valence-corrected chi connectivity index (χ1v) is 9.08. The highest BCUT2D eigenvalue weighted by Crippen LogP contribution is 2.26. The van der Waals surface area contributed by atoms with Crippen molar-refractivity contribution in [2.75, 3.05) is 19.1 Å². The average molecular weight is 415 g/mol. The molecule has 2 aromatic carbocycles. The number of aromatic hydroxyl groups is 1. The van der Waals surface area contributed by atoms with E-state index in [0.29, 0.717) is 29.4 Å². The van der Waals surface area contributed by atoms with Gasteiger partial charge in [-0.2, -0.15) is 14.9 Å². The fourth-order valence-corrected chi connectivity index (χ4v) is 2.65. The monoisotopic (exact) mass is 414 g/mol. The first kappa shape index (κ1) is 20.2. The number of methoxy groups -OCH3 is 1. The molecule has 9 heteroatoms. The number of rotatable bonds is 7. The van der Waals surface area contributed by atoms with Crippen molar-refractivity contribution in [3.8, 4) is 22.9 Å². The van der Waals surface area contributed by atoms with Gasteiger partial charge in [-0.05, 0) is 55.0 Å². The van der Waals surface area contributed by atoms with Gasteiger partial charge < -0.3 is 14.6 Å². The summed E-state index contributed by atoms with van der Waals surface area (Å²) in [4.78, 5) is 12.5. The molecule has 0 unspecified atom stereocenters. The summed E-state index contributed by atoms with van der Waals surface area (Å²) in [7, 11) is 1.56. The summed E-state index contributed by atoms with van der Waals surface area (Å²) in [5.41, 5.74) is 3.73. The van der Waals surface area contributed by atoms with E-state index in [0.717, 1.165) is 0 Å². The molecule has 0 aliphatic carbocycles. The Labute approximate surface area is 172 Å². The largest absolute Gasteiger partial charge is 0.504 e. The van der Waals surface area contributed by atoms with Gasteiger partial charge >= 0.3 is 0 Å². The van der Waals surface area contributed by atoms with E-state index in [-0.39, 0.29) is 16.5 Å². The van der Waals surface area contributed by atoms with Gasteiger partial charge in [0, 0.05) is 0 Å². The van der Waals surface area contributed by atoms with Crippen molar-refractivity contribution >= 4 is 23.5 Å². The molecule has 0 bridgehead atoms. The third kappa shape index (κ3) is 4.67. The number of phenolic OH excluding ortho intramolecular Hbond substituents is 1. The number of nitrogens with zero attached hydrogens (tertiary/aromatic N) is 3. The molecule has 2 N–H and O–H groups in total. The van der Waals surface area contributed by atoms with Gasteiger partial charge in [0.2, 0.25) is 0 Å². The Kier molecular flexibility index (Phi) is 6.36. The van der Waals surface area contributed by atoms with E-state index in [1.807, 2.05) is 6.92 Å². The number of hydrogen-bond donors (Lipinski definition) is 2. The highest BCUT2D eigenvalue weighted by Gasteiger charge is 2.10. The van der Waals surface area contributed by atoms with Crippen LogP contribution >= 0.6 is 11.6 Å². The molecule has 29 heavy (non-hydrogen) atoms. The summed E-state index contributed by atoms with van der Waals surface area (Å²) in [5, 5.41) is 17.9. The Bertz CT molecular complexity index is 1080. The Hall–Kier alpha value is -3.52. The Morgan fingerprint density at radius 3 is 2.72 bits per heavy atom. The van der Waals surface area contributed by atoms with Crippen LogP contribution < -0.4 is 20.5 Å². The molecule has 0 saturated heterocycles. The SMILES string of the molecule is CCOc1cc(/C=N\Nc2cnn(-c3ccc(OC)cc3)c(=O)c2Cl)ccc1O. The number of nitrogens with one attached hydrogen (secondary N) is 1. The van der Waals surface area contributed by atoms with Gasteiger partial charge in [-0.25, -0.2) is 0 Å². The number of halogens is 1. The van der Waals surface area contributed by atoms with Crippen LogP contribution in [0.1, 0.15) is 12.5 Å². The van der Waals surface area contributed by atoms with Crippen molar-refractivity contribution in [1.82, 2.24) is 9.78 Å². The molecule has 3 rings (SSSR count). The fourth-order valence-electron chi connectivity index (χ4n) is 2.48. The maximum atomic E-state index is 12.5. The molecule has 0 saturated carbocycles. The van der Waals surface area contributed by atoms with Crippen molar-refractivity contribution < 1.29 is 14.6 Å². The smallest absolute Gasteiger partial charge is 0.292 e. The van der Waals surface area contributed by atoms with Gasteiger partial charge in [0.15, 0.2) is 11.5 Å². The van der Waals surface area contributed by atoms with E-state index in [1.165, 1.54) is 23.2 Å². The van der Waals surface area contributed by atoms with Crippen LogP contribution in [0.25, 0.3) is 5.69 Å². The molecule has 0 amide bonds. The molecule has 3 aromatic rings. The van der Waals surface area contributed by atoms with E-state index in [4.69, 9.17) is 21.1 Å². The van der Waals surface area contributed by atoms with E-state index in [1.54, 1.807) is 43.5 Å². The molecular formula is C20H19ClN4O4. The van der Waals surface area contributed by atoms with E-state index >= 15 is 0 Å². The minimum Gasteiger partial charge on any atom is -0.504 e. The van der Waals surface area contributed by atoms with Gasteiger partial charge in [0.1, 0.15) is 16.5 Å². The van der Waals surface area contributed by atoms with Crippen LogP contribution in [-0.2, 0) is 0 Å². The average Bonchev–Trinajstić information content (AvgIpc) is 2.74. The minimum absolute atomic E-state index is 0.0475. The molecule has 0 atom stereocenters. The topological polar surface area (TPSA) is 98.0 Å². The lowest BCUT2D eigenvalue weighted by Crippen LogP contribution is -2.22. The highest BCUT2D eigenvalue weighted by molar-refractivity contribution is 6.32. The molecule has 1 heterocycles. The molecule has 0 radical (unpaired) electrons. The Morgan fingerprint density at radius 2 is 2.03 bits per heavy atom. The Balaban J connectivity index is 1.78. The zero-order valence-corrected chi connectivity index (χ0v) is 16.6. The van der Waals surface area contributed by atoms with Crippen molar-refractivity contribution in [2.45, 2.75) is 6.92 Å². The minimum atomic E-state index is -0.486. The molecule has 150 valence electrons. The van der Waals surface area contributed by atoms with Crippen LogP contribution in [0.15, 0.2) is 58.6 Å². The zero-order valence-electron chi connectivity index (χ0n) is 15.8. The number of ether oxygens (including phenoxy) is 2. The summed E-state index contributed by atoms with van der Waals surface area (Å²) in [6.07, 6.45) is 2.92. The maximum Gasteiger partial charge on any atom is 0.292 e. The van der Waals surface area contributed by atoms with Crippen molar-refractivity contribution in [2.24, 2.45) is 5.10 Å². The third-order valence-electron chi connectivity index (χ3n) is 3.92. The van der Waals surface area contributed by atoms with E-state index < -0.39 is 5.56 Å². The molecule has 0 aliphatic heterocycles. The number of phenols is 1. The van der Waals surface area contributed by atoms with Gasteiger partial charge in [-0.15, -0.1) is 0 Å². The summed E-state index contributed by atoms with van der Waals surface area (Å²) < 4.78 is 11.6. The van der Waals surface area contributed by atoms with Crippen LogP contribution in [0.4, 0.5) is 5.69 Å². The first-order chi connectivity index (χ1) is 14.0. The van der Waals surface area contributed by atoms with E-state index in [2.05, 4.69) is 15.6 Å². The summed E-state index contributed by atoms with van der Waals surface area (Å²) in [6, 6.07) is 11.7. The molecule has 0 fully saturated rings. The molecule has 0 spiro atoms. The number of benzene rings is 2. The lowest BCUT2D eigenvalue weighted by Gasteiger charge is -2.08. The third-order valence-corrected chi connectivity index (χ3v) is 4.28.